The van der Waals surface area contributed by atoms with Gasteiger partial charge in [-0.05, 0) is 11.6 Å². The lowest BCUT2D eigenvalue weighted by Gasteiger charge is -2.20. The normalized spacial score (nSPS) is 9.95. The van der Waals surface area contributed by atoms with E-state index >= 15 is 0 Å². The van der Waals surface area contributed by atoms with Crippen LogP contribution in [0.5, 0.6) is 0 Å². The Bertz CT molecular complexity index is 615. The smallest absolute Gasteiger partial charge is 0.272 e. The molecule has 0 spiro atoms. The molecule has 0 fully saturated rings. The van der Waals surface area contributed by atoms with E-state index in [1.165, 1.54) is 6.07 Å². The quantitative estimate of drug-likeness (QED) is 0.839. The van der Waals surface area contributed by atoms with E-state index in [2.05, 4.69) is 15.2 Å². The van der Waals surface area contributed by atoms with Crippen LogP contribution in [0.2, 0.25) is 0 Å². The third-order valence-corrected chi connectivity index (χ3v) is 2.71. The summed E-state index contributed by atoms with van der Waals surface area (Å²) in [5, 5.41) is 15.0. The molecule has 20 heavy (non-hydrogen) atoms. The van der Waals surface area contributed by atoms with Gasteiger partial charge < -0.3 is 10.6 Å². The number of nitrogens with zero attached hydrogens (tertiary/aromatic N) is 4. The Balaban J connectivity index is 2.15. The number of H-pyrrole nitrogens is 1. The molecular formula is C13H14N6O. The first-order valence-corrected chi connectivity index (χ1v) is 6.06. The molecule has 102 valence electrons. The number of aromatic nitrogens is 3. The van der Waals surface area contributed by atoms with Crippen molar-refractivity contribution in [1.82, 2.24) is 20.1 Å². The van der Waals surface area contributed by atoms with Crippen LogP contribution in [0.3, 0.4) is 0 Å². The minimum atomic E-state index is -0.242. The van der Waals surface area contributed by atoms with Crippen LogP contribution in [-0.4, -0.2) is 32.5 Å². The van der Waals surface area contributed by atoms with Gasteiger partial charge in [-0.25, -0.2) is 0 Å². The van der Waals surface area contributed by atoms with Crippen LogP contribution in [0, 0.1) is 11.3 Å². The van der Waals surface area contributed by atoms with E-state index in [9.17, 15) is 4.79 Å². The maximum atomic E-state index is 12.3. The Kier molecular flexibility index (Phi) is 4.29. The van der Waals surface area contributed by atoms with Crippen molar-refractivity contribution in [2.24, 2.45) is 0 Å². The SMILES string of the molecule is N#CCCN(Cc1cccnc1)C(=O)c1cc(N)n[nH]1. The Morgan fingerprint density at radius 3 is 3.00 bits per heavy atom. The third kappa shape index (κ3) is 3.32. The Morgan fingerprint density at radius 2 is 2.40 bits per heavy atom. The summed E-state index contributed by atoms with van der Waals surface area (Å²) < 4.78 is 0. The first-order valence-electron chi connectivity index (χ1n) is 6.06. The number of rotatable bonds is 5. The van der Waals surface area contributed by atoms with Crippen molar-refractivity contribution in [3.05, 3.63) is 41.9 Å². The molecule has 0 saturated heterocycles. The molecule has 7 heteroatoms. The largest absolute Gasteiger partial charge is 0.382 e. The molecule has 2 aromatic rings. The van der Waals surface area contributed by atoms with Crippen molar-refractivity contribution in [2.45, 2.75) is 13.0 Å². The third-order valence-electron chi connectivity index (χ3n) is 2.71. The van der Waals surface area contributed by atoms with Gasteiger partial charge in [0.05, 0.1) is 12.5 Å². The highest BCUT2D eigenvalue weighted by Crippen LogP contribution is 2.10. The van der Waals surface area contributed by atoms with E-state index in [0.717, 1.165) is 5.56 Å². The van der Waals surface area contributed by atoms with Crippen molar-refractivity contribution in [2.75, 3.05) is 12.3 Å². The summed E-state index contributed by atoms with van der Waals surface area (Å²) in [6.45, 7) is 0.719. The molecule has 0 aliphatic carbocycles. The molecule has 1 amide bonds. The van der Waals surface area contributed by atoms with Gasteiger partial charge in [0.25, 0.3) is 5.91 Å². The van der Waals surface area contributed by atoms with Crippen molar-refractivity contribution < 1.29 is 4.79 Å². The van der Waals surface area contributed by atoms with Crippen LogP contribution >= 0.6 is 0 Å². The van der Waals surface area contributed by atoms with E-state index in [4.69, 9.17) is 11.0 Å². The number of anilines is 1. The molecule has 0 unspecified atom stereocenters. The average molecular weight is 270 g/mol. The zero-order valence-electron chi connectivity index (χ0n) is 10.8. The van der Waals surface area contributed by atoms with E-state index < -0.39 is 0 Å². The predicted molar refractivity (Wildman–Crippen MR) is 72.2 cm³/mol. The fraction of sp³-hybridized carbons (Fsp3) is 0.231. The molecule has 2 aromatic heterocycles. The number of hydrogen-bond acceptors (Lipinski definition) is 5. The number of hydrogen-bond donors (Lipinski definition) is 2. The molecule has 0 bridgehead atoms. The average Bonchev–Trinajstić information content (AvgIpc) is 2.90. The highest BCUT2D eigenvalue weighted by atomic mass is 16.2. The molecule has 0 atom stereocenters. The maximum Gasteiger partial charge on any atom is 0.272 e. The zero-order chi connectivity index (χ0) is 14.4. The Labute approximate surface area is 116 Å². The van der Waals surface area contributed by atoms with Gasteiger partial charge >= 0.3 is 0 Å². The summed E-state index contributed by atoms with van der Waals surface area (Å²) >= 11 is 0. The number of nitrogens with one attached hydrogen (secondary N) is 1. The molecule has 0 aliphatic heterocycles. The van der Waals surface area contributed by atoms with Gasteiger partial charge in [0.1, 0.15) is 11.5 Å². The van der Waals surface area contributed by atoms with Gasteiger partial charge in [0.2, 0.25) is 0 Å². The first kappa shape index (κ1) is 13.5. The molecule has 0 saturated carbocycles. The summed E-state index contributed by atoms with van der Waals surface area (Å²) in [5.74, 6) is 0.0169. The second-order valence-corrected chi connectivity index (χ2v) is 4.20. The zero-order valence-corrected chi connectivity index (χ0v) is 10.8. The second-order valence-electron chi connectivity index (χ2n) is 4.20. The van der Waals surface area contributed by atoms with E-state index in [1.54, 1.807) is 23.4 Å². The Hall–Kier alpha value is -2.88. The van der Waals surface area contributed by atoms with Crippen molar-refractivity contribution in [3.8, 4) is 6.07 Å². The van der Waals surface area contributed by atoms with Gasteiger partial charge in [-0.1, -0.05) is 6.07 Å². The summed E-state index contributed by atoms with van der Waals surface area (Å²) in [4.78, 5) is 17.9. The molecule has 0 aromatic carbocycles. The fourth-order valence-electron chi connectivity index (χ4n) is 1.77. The number of pyridine rings is 1. The van der Waals surface area contributed by atoms with Crippen LogP contribution in [0.4, 0.5) is 5.82 Å². The van der Waals surface area contributed by atoms with Crippen molar-refractivity contribution in [3.63, 3.8) is 0 Å². The van der Waals surface area contributed by atoms with E-state index in [-0.39, 0.29) is 18.1 Å². The molecule has 7 nitrogen and oxygen atoms in total. The van der Waals surface area contributed by atoms with Gasteiger partial charge in [0.15, 0.2) is 0 Å². The van der Waals surface area contributed by atoms with Gasteiger partial charge in [-0.15, -0.1) is 0 Å². The number of carbonyl (C=O) groups is 1. The summed E-state index contributed by atoms with van der Waals surface area (Å²) in [6, 6.07) is 7.19. The lowest BCUT2D eigenvalue weighted by molar-refractivity contribution is 0.0741. The topological polar surface area (TPSA) is 112 Å². The number of nitrogen functional groups attached to an aromatic ring is 1. The molecule has 0 aliphatic rings. The van der Waals surface area contributed by atoms with Crippen LogP contribution in [0.25, 0.3) is 0 Å². The maximum absolute atomic E-state index is 12.3. The van der Waals surface area contributed by atoms with Gasteiger partial charge in [0, 0.05) is 31.5 Å². The summed E-state index contributed by atoms with van der Waals surface area (Å²) in [6.07, 6.45) is 3.62. The molecule has 0 radical (unpaired) electrons. The first-order chi connectivity index (χ1) is 9.70. The summed E-state index contributed by atoms with van der Waals surface area (Å²) in [7, 11) is 0. The van der Waals surface area contributed by atoms with E-state index in [1.807, 2.05) is 12.1 Å². The number of nitriles is 1. The monoisotopic (exact) mass is 270 g/mol. The summed E-state index contributed by atoms with van der Waals surface area (Å²) in [5.41, 5.74) is 6.70. The molecule has 2 rings (SSSR count). The van der Waals surface area contributed by atoms with Crippen molar-refractivity contribution >= 4 is 11.7 Å². The van der Waals surface area contributed by atoms with Crippen LogP contribution in [0.15, 0.2) is 30.6 Å². The molecule has 2 heterocycles. The van der Waals surface area contributed by atoms with Crippen LogP contribution in [-0.2, 0) is 6.54 Å². The lowest BCUT2D eigenvalue weighted by Crippen LogP contribution is -2.31. The molecular weight excluding hydrogens is 256 g/mol. The fourth-order valence-corrected chi connectivity index (χ4v) is 1.77. The second kappa shape index (κ2) is 6.33. The lowest BCUT2D eigenvalue weighted by atomic mass is 10.2. The minimum Gasteiger partial charge on any atom is -0.382 e. The molecule has 3 N–H and O–H groups in total. The number of carbonyl (C=O) groups excluding carboxylic acids is 1. The number of amides is 1. The van der Waals surface area contributed by atoms with Crippen molar-refractivity contribution in [1.29, 1.82) is 5.26 Å². The van der Waals surface area contributed by atoms with Gasteiger partial charge in [-0.3, -0.25) is 14.9 Å². The highest BCUT2D eigenvalue weighted by molar-refractivity contribution is 5.92. The number of nitrogens with two attached hydrogens (primary N) is 1. The van der Waals surface area contributed by atoms with Crippen LogP contribution in [0.1, 0.15) is 22.5 Å². The standard InChI is InChI=1S/C13H14N6O/c14-4-2-6-19(9-10-3-1-5-16-8-10)13(20)11-7-12(15)18-17-11/h1,3,5,7-8H,2,6,9H2,(H3,15,17,18). The predicted octanol–water partition coefficient (Wildman–Crippen LogP) is 0.943. The Morgan fingerprint density at radius 1 is 1.55 bits per heavy atom. The van der Waals surface area contributed by atoms with Gasteiger partial charge in [-0.2, -0.15) is 10.4 Å². The van der Waals surface area contributed by atoms with Crippen LogP contribution < -0.4 is 5.73 Å². The highest BCUT2D eigenvalue weighted by Gasteiger charge is 2.18. The number of aromatic amines is 1. The van der Waals surface area contributed by atoms with E-state index in [0.29, 0.717) is 18.8 Å². The minimum absolute atomic E-state index is 0.242.